The maximum Gasteiger partial charge on any atom is 0.256 e. The highest BCUT2D eigenvalue weighted by molar-refractivity contribution is 7.80. The van der Waals surface area contributed by atoms with Crippen LogP contribution in [0.1, 0.15) is 23.7 Å². The largest absolute Gasteiger partial charge is 0.393 e. The number of thiophene rings is 1. The van der Waals surface area contributed by atoms with E-state index < -0.39 is 0 Å². The molecule has 0 saturated carbocycles. The fourth-order valence-corrected chi connectivity index (χ4v) is 2.84. The highest BCUT2D eigenvalue weighted by Crippen LogP contribution is 2.31. The normalized spacial score (nSPS) is 10.3. The van der Waals surface area contributed by atoms with Gasteiger partial charge in [0, 0.05) is 19.5 Å². The van der Waals surface area contributed by atoms with Gasteiger partial charge in [0.05, 0.1) is 14.9 Å². The van der Waals surface area contributed by atoms with E-state index in [9.17, 15) is 4.79 Å². The van der Waals surface area contributed by atoms with Crippen molar-refractivity contribution < 1.29 is 4.79 Å². The molecule has 1 amide bonds. The third-order valence-corrected chi connectivity index (χ3v) is 3.88. The minimum Gasteiger partial charge on any atom is -0.393 e. The molecule has 1 rings (SSSR count). The first kappa shape index (κ1) is 14.7. The van der Waals surface area contributed by atoms with Gasteiger partial charge < -0.3 is 10.6 Å². The average molecular weight is 311 g/mol. The van der Waals surface area contributed by atoms with Gasteiger partial charge in [0.15, 0.2) is 0 Å². The molecule has 0 atom stereocenters. The number of hydrogen-bond acceptors (Lipinski definition) is 3. The smallest absolute Gasteiger partial charge is 0.256 e. The standard InChI is InChI=1S/C10H12Cl2N2OS2/c1-2-14(4-3-8(13)16)10(15)6-5-7(11)17-9(6)12/h5H,2-4H2,1H3,(H2,13,16). The first-order chi connectivity index (χ1) is 7.95. The fourth-order valence-electron chi connectivity index (χ4n) is 1.30. The second-order valence-electron chi connectivity index (χ2n) is 3.34. The number of thiocarbonyl (C=S) groups is 1. The molecule has 0 fully saturated rings. The number of hydrogen-bond donors (Lipinski definition) is 1. The van der Waals surface area contributed by atoms with E-state index in [4.69, 9.17) is 41.2 Å². The molecule has 0 bridgehead atoms. The number of amides is 1. The van der Waals surface area contributed by atoms with Crippen LogP contribution in [0.25, 0.3) is 0 Å². The van der Waals surface area contributed by atoms with Crippen molar-refractivity contribution in [1.82, 2.24) is 4.90 Å². The lowest BCUT2D eigenvalue weighted by Gasteiger charge is -2.20. The predicted octanol–water partition coefficient (Wildman–Crippen LogP) is 3.19. The van der Waals surface area contributed by atoms with Gasteiger partial charge in [-0.1, -0.05) is 35.4 Å². The number of carbonyl (C=O) groups excluding carboxylic acids is 1. The summed E-state index contributed by atoms with van der Waals surface area (Å²) in [5.41, 5.74) is 5.85. The van der Waals surface area contributed by atoms with E-state index in [2.05, 4.69) is 0 Å². The van der Waals surface area contributed by atoms with Gasteiger partial charge in [0.25, 0.3) is 5.91 Å². The first-order valence-electron chi connectivity index (χ1n) is 4.98. The van der Waals surface area contributed by atoms with Gasteiger partial charge in [0.2, 0.25) is 0 Å². The van der Waals surface area contributed by atoms with E-state index in [0.717, 1.165) is 0 Å². The Balaban J connectivity index is 2.79. The van der Waals surface area contributed by atoms with Crippen molar-refractivity contribution in [3.05, 3.63) is 20.3 Å². The predicted molar refractivity (Wildman–Crippen MR) is 77.3 cm³/mol. The van der Waals surface area contributed by atoms with Crippen molar-refractivity contribution in [3.8, 4) is 0 Å². The zero-order valence-electron chi connectivity index (χ0n) is 9.20. The zero-order chi connectivity index (χ0) is 13.0. The molecule has 0 radical (unpaired) electrons. The van der Waals surface area contributed by atoms with Crippen LogP contribution >= 0.6 is 46.8 Å². The van der Waals surface area contributed by atoms with Crippen molar-refractivity contribution in [2.75, 3.05) is 13.1 Å². The van der Waals surface area contributed by atoms with Crippen molar-refractivity contribution >= 4 is 57.7 Å². The van der Waals surface area contributed by atoms with Crippen LogP contribution in [-0.4, -0.2) is 28.9 Å². The van der Waals surface area contributed by atoms with Crippen molar-refractivity contribution in [1.29, 1.82) is 0 Å². The monoisotopic (exact) mass is 310 g/mol. The van der Waals surface area contributed by atoms with Gasteiger partial charge in [-0.25, -0.2) is 0 Å². The molecular weight excluding hydrogens is 299 g/mol. The van der Waals surface area contributed by atoms with Crippen LogP contribution in [0.2, 0.25) is 8.67 Å². The Morgan fingerprint density at radius 2 is 2.24 bits per heavy atom. The van der Waals surface area contributed by atoms with E-state index in [1.165, 1.54) is 11.3 Å². The van der Waals surface area contributed by atoms with Crippen LogP contribution < -0.4 is 5.73 Å². The number of rotatable bonds is 5. The zero-order valence-corrected chi connectivity index (χ0v) is 12.3. The SMILES string of the molecule is CCN(CCC(N)=S)C(=O)c1cc(Cl)sc1Cl. The fraction of sp³-hybridized carbons (Fsp3) is 0.400. The third-order valence-electron chi connectivity index (χ3n) is 2.18. The molecule has 0 saturated heterocycles. The van der Waals surface area contributed by atoms with Crippen LogP contribution in [0.4, 0.5) is 0 Å². The Kier molecular flexibility index (Phi) is 5.66. The van der Waals surface area contributed by atoms with Gasteiger partial charge >= 0.3 is 0 Å². The summed E-state index contributed by atoms with van der Waals surface area (Å²) < 4.78 is 0.914. The average Bonchev–Trinajstić information content (AvgIpc) is 2.58. The summed E-state index contributed by atoms with van der Waals surface area (Å²) in [5.74, 6) is -0.142. The second kappa shape index (κ2) is 6.54. The topological polar surface area (TPSA) is 46.3 Å². The number of nitrogens with two attached hydrogens (primary N) is 1. The van der Waals surface area contributed by atoms with Crippen LogP contribution in [0.15, 0.2) is 6.07 Å². The Bertz CT molecular complexity index is 434. The molecule has 1 heterocycles. The van der Waals surface area contributed by atoms with Gasteiger partial charge in [-0.05, 0) is 13.0 Å². The van der Waals surface area contributed by atoms with Crippen LogP contribution in [-0.2, 0) is 0 Å². The van der Waals surface area contributed by atoms with Crippen LogP contribution in [0.3, 0.4) is 0 Å². The van der Waals surface area contributed by atoms with Gasteiger partial charge in [0.1, 0.15) is 4.34 Å². The van der Waals surface area contributed by atoms with Crippen LogP contribution in [0, 0.1) is 0 Å². The molecule has 0 unspecified atom stereocenters. The molecule has 1 aromatic rings. The lowest BCUT2D eigenvalue weighted by atomic mass is 10.2. The van der Waals surface area contributed by atoms with Crippen molar-refractivity contribution in [2.45, 2.75) is 13.3 Å². The lowest BCUT2D eigenvalue weighted by Crippen LogP contribution is -2.33. The van der Waals surface area contributed by atoms with E-state index in [1.54, 1.807) is 11.0 Å². The minimum absolute atomic E-state index is 0.142. The van der Waals surface area contributed by atoms with Gasteiger partial charge in [-0.2, -0.15) is 0 Å². The highest BCUT2D eigenvalue weighted by atomic mass is 35.5. The van der Waals surface area contributed by atoms with E-state index >= 15 is 0 Å². The van der Waals surface area contributed by atoms with E-state index in [1.807, 2.05) is 6.92 Å². The molecular formula is C10H12Cl2N2OS2. The molecule has 7 heteroatoms. The maximum atomic E-state index is 12.1. The van der Waals surface area contributed by atoms with Crippen molar-refractivity contribution in [2.24, 2.45) is 5.73 Å². The molecule has 0 aliphatic rings. The van der Waals surface area contributed by atoms with Crippen LogP contribution in [0.5, 0.6) is 0 Å². The quantitative estimate of drug-likeness (QED) is 0.850. The summed E-state index contributed by atoms with van der Waals surface area (Å²) in [6.45, 7) is 2.96. The van der Waals surface area contributed by atoms with Gasteiger partial charge in [-0.15, -0.1) is 11.3 Å². The minimum atomic E-state index is -0.142. The second-order valence-corrected chi connectivity index (χ2v) is 6.15. The van der Waals surface area contributed by atoms with Gasteiger partial charge in [-0.3, -0.25) is 4.79 Å². The lowest BCUT2D eigenvalue weighted by molar-refractivity contribution is 0.0769. The number of nitrogens with zero attached hydrogens (tertiary/aromatic N) is 1. The molecule has 0 aliphatic carbocycles. The number of carbonyl (C=O) groups is 1. The third kappa shape index (κ3) is 4.10. The summed E-state index contributed by atoms with van der Waals surface area (Å²) >= 11 is 17.7. The molecule has 0 aromatic carbocycles. The van der Waals surface area contributed by atoms with Crippen molar-refractivity contribution in [3.63, 3.8) is 0 Å². The van der Waals surface area contributed by atoms with E-state index in [-0.39, 0.29) is 5.91 Å². The molecule has 17 heavy (non-hydrogen) atoms. The summed E-state index contributed by atoms with van der Waals surface area (Å²) in [4.78, 5) is 14.2. The Hall–Kier alpha value is -0.360. The van der Waals surface area contributed by atoms with E-state index in [0.29, 0.717) is 38.7 Å². The Labute approximate surface area is 119 Å². The Morgan fingerprint density at radius 3 is 2.65 bits per heavy atom. The number of halogens is 2. The highest BCUT2D eigenvalue weighted by Gasteiger charge is 2.19. The summed E-state index contributed by atoms with van der Waals surface area (Å²) in [6, 6.07) is 1.58. The first-order valence-corrected chi connectivity index (χ1v) is 6.96. The molecule has 1 aromatic heterocycles. The summed E-state index contributed by atoms with van der Waals surface area (Å²) in [6.07, 6.45) is 0.504. The molecule has 94 valence electrons. The molecule has 0 aliphatic heterocycles. The summed E-state index contributed by atoms with van der Waals surface area (Å²) in [7, 11) is 0. The Morgan fingerprint density at radius 1 is 1.59 bits per heavy atom. The summed E-state index contributed by atoms with van der Waals surface area (Å²) in [5, 5.41) is 0. The maximum absolute atomic E-state index is 12.1. The molecule has 3 nitrogen and oxygen atoms in total. The molecule has 2 N–H and O–H groups in total. The molecule has 0 spiro atoms.